The Morgan fingerprint density at radius 2 is 2.05 bits per heavy atom. The molecule has 0 spiro atoms. The van der Waals surface area contributed by atoms with Gasteiger partial charge in [-0.05, 0) is 32.8 Å². The van der Waals surface area contributed by atoms with Crippen molar-refractivity contribution in [2.45, 2.75) is 51.4 Å². The highest BCUT2D eigenvalue weighted by atomic mass is 19.4. The van der Waals surface area contributed by atoms with Crippen molar-refractivity contribution in [3.8, 4) is 22.9 Å². The lowest BCUT2D eigenvalue weighted by atomic mass is 10.1. The third-order valence-electron chi connectivity index (χ3n) is 6.41. The Labute approximate surface area is 218 Å². The number of nitrogens with one attached hydrogen (secondary N) is 1. The van der Waals surface area contributed by atoms with Crippen LogP contribution < -0.4 is 14.8 Å². The molecule has 4 bridgehead atoms. The van der Waals surface area contributed by atoms with Gasteiger partial charge in [0, 0.05) is 49.8 Å². The molecular formula is C25H31F3N6O4. The van der Waals surface area contributed by atoms with Crippen LogP contribution >= 0.6 is 0 Å². The van der Waals surface area contributed by atoms with Crippen LogP contribution in [0.3, 0.4) is 0 Å². The van der Waals surface area contributed by atoms with Crippen molar-refractivity contribution in [2.75, 3.05) is 33.5 Å². The van der Waals surface area contributed by atoms with Gasteiger partial charge in [0.15, 0.2) is 0 Å². The highest BCUT2D eigenvalue weighted by molar-refractivity contribution is 5.75. The summed E-state index contributed by atoms with van der Waals surface area (Å²) in [6.45, 7) is 4.41. The smallest absolute Gasteiger partial charge is 0.389 e. The Kier molecular flexibility index (Phi) is 8.55. The molecule has 38 heavy (non-hydrogen) atoms. The summed E-state index contributed by atoms with van der Waals surface area (Å²) in [6.07, 6.45) is 1.39. The topological polar surface area (TPSA) is 103 Å². The second-order valence-electron chi connectivity index (χ2n) is 8.91. The number of rotatable bonds is 4. The molecule has 206 valence electrons. The number of imidazole rings is 1. The second kappa shape index (κ2) is 11.8. The van der Waals surface area contributed by atoms with Crippen LogP contribution in [0.25, 0.3) is 16.9 Å². The van der Waals surface area contributed by atoms with Crippen molar-refractivity contribution < 1.29 is 32.2 Å². The predicted molar refractivity (Wildman–Crippen MR) is 132 cm³/mol. The van der Waals surface area contributed by atoms with Crippen LogP contribution in [0.4, 0.5) is 18.0 Å². The Bertz CT molecular complexity index is 1250. The summed E-state index contributed by atoms with van der Waals surface area (Å²) in [7, 11) is 1.52. The summed E-state index contributed by atoms with van der Waals surface area (Å²) < 4.78 is 57.6. The van der Waals surface area contributed by atoms with Crippen LogP contribution in [0.2, 0.25) is 0 Å². The molecule has 0 radical (unpaired) electrons. The maximum absolute atomic E-state index is 13.2. The molecular weight excluding hydrogens is 505 g/mol. The number of fused-ring (bicyclic) bond motifs is 7. The van der Waals surface area contributed by atoms with E-state index in [2.05, 4.69) is 20.3 Å². The number of methoxy groups -OCH3 is 1. The number of nitrogens with zero attached hydrogens (tertiary/aromatic N) is 5. The van der Waals surface area contributed by atoms with Gasteiger partial charge in [-0.1, -0.05) is 0 Å². The Hall–Kier alpha value is -3.61. The van der Waals surface area contributed by atoms with Crippen LogP contribution in [0.15, 0.2) is 30.9 Å². The number of carbonyl (C=O) groups excluding carboxylic acids is 1. The quantitative estimate of drug-likeness (QED) is 0.527. The number of aromatic nitrogens is 4. The van der Waals surface area contributed by atoms with Gasteiger partial charge in [-0.25, -0.2) is 14.8 Å². The minimum absolute atomic E-state index is 0.151. The van der Waals surface area contributed by atoms with Gasteiger partial charge in [-0.3, -0.25) is 4.98 Å². The lowest BCUT2D eigenvalue weighted by Gasteiger charge is -2.30. The largest absolute Gasteiger partial charge is 0.494 e. The van der Waals surface area contributed by atoms with E-state index in [-0.39, 0.29) is 32.7 Å². The fourth-order valence-corrected chi connectivity index (χ4v) is 4.34. The standard InChI is InChI=1S/C25H31F3N6O4/c1-4-34-16(2)19-13-18(21(36-3)14-30-19)20-15-33-9-8-29-22(33)23(32-20)38-12-11-37-10-6-17(31-24(34)35)5-7-25(26,27)28/h8-9,13-17H,4-7,10-12H2,1-3H3,(H,31,35)/t16-,17?/m1/s1. The zero-order chi connectivity index (χ0) is 27.3. The maximum Gasteiger partial charge on any atom is 0.389 e. The molecule has 0 fully saturated rings. The Morgan fingerprint density at radius 3 is 2.79 bits per heavy atom. The van der Waals surface area contributed by atoms with Crippen LogP contribution in [0.1, 0.15) is 44.8 Å². The number of urea groups is 1. The number of halogens is 3. The number of hydrogen-bond donors (Lipinski definition) is 1. The molecule has 13 heteroatoms. The van der Waals surface area contributed by atoms with Crippen molar-refractivity contribution in [3.63, 3.8) is 0 Å². The minimum atomic E-state index is -4.33. The molecule has 3 aromatic heterocycles. The van der Waals surface area contributed by atoms with E-state index < -0.39 is 30.7 Å². The van der Waals surface area contributed by atoms with Crippen molar-refractivity contribution >= 4 is 11.7 Å². The maximum atomic E-state index is 13.2. The summed E-state index contributed by atoms with van der Waals surface area (Å²) >= 11 is 0. The van der Waals surface area contributed by atoms with Gasteiger partial charge >= 0.3 is 12.2 Å². The van der Waals surface area contributed by atoms with E-state index in [4.69, 9.17) is 14.2 Å². The first-order valence-corrected chi connectivity index (χ1v) is 12.4. The predicted octanol–water partition coefficient (Wildman–Crippen LogP) is 4.40. The van der Waals surface area contributed by atoms with E-state index in [0.717, 1.165) is 0 Å². The van der Waals surface area contributed by atoms with E-state index in [1.54, 1.807) is 42.2 Å². The average Bonchev–Trinajstić information content (AvgIpc) is 3.37. The van der Waals surface area contributed by atoms with E-state index in [0.29, 0.717) is 40.8 Å². The number of ether oxygens (including phenoxy) is 3. The summed E-state index contributed by atoms with van der Waals surface area (Å²) in [5.41, 5.74) is 2.26. The van der Waals surface area contributed by atoms with Gasteiger partial charge in [0.2, 0.25) is 5.65 Å². The zero-order valence-corrected chi connectivity index (χ0v) is 21.5. The summed E-state index contributed by atoms with van der Waals surface area (Å²) in [5, 5.41) is 2.77. The van der Waals surface area contributed by atoms with Crippen molar-refractivity contribution in [3.05, 3.63) is 36.5 Å². The first kappa shape index (κ1) is 27.4. The van der Waals surface area contributed by atoms with Gasteiger partial charge in [-0.15, -0.1) is 0 Å². The van der Waals surface area contributed by atoms with E-state index in [1.807, 2.05) is 6.92 Å². The molecule has 1 aliphatic rings. The molecule has 0 saturated carbocycles. The van der Waals surface area contributed by atoms with Crippen molar-refractivity contribution in [2.24, 2.45) is 0 Å². The highest BCUT2D eigenvalue weighted by Gasteiger charge is 2.30. The highest BCUT2D eigenvalue weighted by Crippen LogP contribution is 2.33. The zero-order valence-electron chi connectivity index (χ0n) is 21.5. The first-order chi connectivity index (χ1) is 18.2. The van der Waals surface area contributed by atoms with Gasteiger partial charge in [-0.2, -0.15) is 13.2 Å². The molecule has 0 saturated heterocycles. The van der Waals surface area contributed by atoms with E-state index >= 15 is 0 Å². The van der Waals surface area contributed by atoms with Gasteiger partial charge in [0.25, 0.3) is 5.88 Å². The average molecular weight is 537 g/mol. The first-order valence-electron chi connectivity index (χ1n) is 12.4. The molecule has 2 amide bonds. The Balaban J connectivity index is 1.72. The molecule has 4 rings (SSSR count). The van der Waals surface area contributed by atoms with Crippen LogP contribution in [0.5, 0.6) is 11.6 Å². The normalized spacial score (nSPS) is 19.5. The molecule has 3 aromatic rings. The van der Waals surface area contributed by atoms with Gasteiger partial charge < -0.3 is 28.8 Å². The molecule has 0 aliphatic carbocycles. The fourth-order valence-electron chi connectivity index (χ4n) is 4.34. The molecule has 1 unspecified atom stereocenters. The SMILES string of the molecule is CCN1C(=O)NC(CCC(F)(F)F)CCOCCOc2nc(cn3ccnc23)-c2cc(ncc2OC)[C@H]1C. The Morgan fingerprint density at radius 1 is 1.24 bits per heavy atom. The van der Waals surface area contributed by atoms with Gasteiger partial charge in [0.1, 0.15) is 12.4 Å². The van der Waals surface area contributed by atoms with Crippen LogP contribution in [-0.4, -0.2) is 76.0 Å². The molecule has 0 aromatic carbocycles. The lowest BCUT2D eigenvalue weighted by Crippen LogP contribution is -2.46. The number of carbonyl (C=O) groups is 1. The summed E-state index contributed by atoms with van der Waals surface area (Å²) in [4.78, 5) is 28.2. The minimum Gasteiger partial charge on any atom is -0.494 e. The van der Waals surface area contributed by atoms with Gasteiger partial charge in [0.05, 0.1) is 37.3 Å². The van der Waals surface area contributed by atoms with E-state index in [9.17, 15) is 18.0 Å². The molecule has 1 aliphatic heterocycles. The van der Waals surface area contributed by atoms with Crippen LogP contribution in [0, 0.1) is 0 Å². The molecule has 1 N–H and O–H groups in total. The lowest BCUT2D eigenvalue weighted by molar-refractivity contribution is -0.136. The van der Waals surface area contributed by atoms with Crippen LogP contribution in [-0.2, 0) is 4.74 Å². The molecule has 10 nitrogen and oxygen atoms in total. The monoisotopic (exact) mass is 536 g/mol. The number of pyridine rings is 1. The van der Waals surface area contributed by atoms with Crippen molar-refractivity contribution in [1.82, 2.24) is 29.6 Å². The fraction of sp³-hybridized carbons (Fsp3) is 0.520. The number of alkyl halides is 3. The summed E-state index contributed by atoms with van der Waals surface area (Å²) in [6, 6.07) is 0.103. The van der Waals surface area contributed by atoms with Crippen molar-refractivity contribution in [1.29, 1.82) is 0 Å². The third kappa shape index (κ3) is 6.44. The number of hydrogen-bond acceptors (Lipinski definition) is 7. The van der Waals surface area contributed by atoms with E-state index in [1.165, 1.54) is 12.0 Å². The third-order valence-corrected chi connectivity index (χ3v) is 6.41. The number of amides is 2. The summed E-state index contributed by atoms with van der Waals surface area (Å²) in [5.74, 6) is 0.767. The molecule has 4 heterocycles. The second-order valence-corrected chi connectivity index (χ2v) is 8.91. The molecule has 2 atom stereocenters.